The molecule has 0 amide bonds. The Morgan fingerprint density at radius 3 is 3.09 bits per heavy atom. The van der Waals surface area contributed by atoms with E-state index in [1.165, 1.54) is 16.3 Å². The summed E-state index contributed by atoms with van der Waals surface area (Å²) >= 11 is 0. The first-order valence-corrected chi connectivity index (χ1v) is 3.59. The molecule has 0 saturated carbocycles. The van der Waals surface area contributed by atoms with Crippen LogP contribution in [0.25, 0.3) is 10.8 Å². The maximum atomic E-state index is 3.93. The third-order valence-electron chi connectivity index (χ3n) is 1.84. The van der Waals surface area contributed by atoms with Gasteiger partial charge in [0.2, 0.25) is 0 Å². The van der Waals surface area contributed by atoms with E-state index in [0.717, 1.165) is 0 Å². The molecule has 1 aromatic heterocycles. The Hall–Kier alpha value is -1.37. The number of hydrogen-bond donors (Lipinski definition) is 0. The van der Waals surface area contributed by atoms with Crippen LogP contribution in [0.4, 0.5) is 0 Å². The molecular formula is C10H8N. The van der Waals surface area contributed by atoms with Crippen LogP contribution < -0.4 is 0 Å². The van der Waals surface area contributed by atoms with Crippen molar-refractivity contribution in [3.63, 3.8) is 0 Å². The molecule has 0 aliphatic carbocycles. The van der Waals surface area contributed by atoms with Crippen molar-refractivity contribution in [3.05, 3.63) is 42.2 Å². The molecule has 1 heteroatoms. The third-order valence-corrected chi connectivity index (χ3v) is 1.84. The van der Waals surface area contributed by atoms with Crippen molar-refractivity contribution < 1.29 is 0 Å². The lowest BCUT2D eigenvalue weighted by Gasteiger charge is -1.97. The molecule has 0 N–H and O–H groups in total. The maximum absolute atomic E-state index is 3.93. The highest BCUT2D eigenvalue weighted by molar-refractivity contribution is 5.84. The first-order chi connectivity index (χ1) is 5.38. The van der Waals surface area contributed by atoms with Crippen LogP contribution in [0.15, 0.2) is 30.5 Å². The molecule has 0 unspecified atom stereocenters. The fraction of sp³-hybridized carbons (Fsp3) is 0.100. The van der Waals surface area contributed by atoms with Gasteiger partial charge >= 0.3 is 0 Å². The lowest BCUT2D eigenvalue weighted by molar-refractivity contribution is 1.34. The van der Waals surface area contributed by atoms with Gasteiger partial charge in [-0.3, -0.25) is 4.98 Å². The highest BCUT2D eigenvalue weighted by Gasteiger charge is 1.93. The monoisotopic (exact) mass is 142 g/mol. The molecule has 0 bridgehead atoms. The topological polar surface area (TPSA) is 12.9 Å². The zero-order valence-electron chi connectivity index (χ0n) is 6.33. The quantitative estimate of drug-likeness (QED) is 0.550. The van der Waals surface area contributed by atoms with Gasteiger partial charge in [-0.15, -0.1) is 0 Å². The summed E-state index contributed by atoms with van der Waals surface area (Å²) in [6, 6.07) is 8.11. The van der Waals surface area contributed by atoms with Crippen molar-refractivity contribution in [1.29, 1.82) is 0 Å². The van der Waals surface area contributed by atoms with E-state index >= 15 is 0 Å². The molecule has 1 nitrogen and oxygen atoms in total. The second kappa shape index (κ2) is 2.35. The second-order valence-electron chi connectivity index (χ2n) is 2.61. The molecule has 0 atom stereocenters. The van der Waals surface area contributed by atoms with E-state index in [0.29, 0.717) is 0 Å². The standard InChI is InChI=1S/C10H8N/c1-8-3-2-4-9-7-11-6-5-10(8)9/h2-5,7H,1H3. The van der Waals surface area contributed by atoms with Crippen LogP contribution in [0, 0.1) is 13.1 Å². The van der Waals surface area contributed by atoms with Crippen molar-refractivity contribution >= 4 is 10.8 Å². The molecule has 0 saturated heterocycles. The van der Waals surface area contributed by atoms with E-state index in [-0.39, 0.29) is 0 Å². The Bertz CT molecular complexity index is 374. The second-order valence-corrected chi connectivity index (χ2v) is 2.61. The summed E-state index contributed by atoms with van der Waals surface area (Å²) in [5.41, 5.74) is 1.28. The predicted octanol–water partition coefficient (Wildman–Crippen LogP) is 2.34. The largest absolute Gasteiger partial charge is 0.254 e. The molecule has 1 radical (unpaired) electrons. The normalized spacial score (nSPS) is 10.3. The highest BCUT2D eigenvalue weighted by atomic mass is 14.6. The van der Waals surface area contributed by atoms with Crippen LogP contribution in [0.1, 0.15) is 5.56 Å². The van der Waals surface area contributed by atoms with Crippen molar-refractivity contribution in [2.75, 3.05) is 0 Å². The van der Waals surface area contributed by atoms with Gasteiger partial charge in [0.1, 0.15) is 0 Å². The average Bonchev–Trinajstić information content (AvgIpc) is 2.06. The van der Waals surface area contributed by atoms with Crippen LogP contribution >= 0.6 is 0 Å². The van der Waals surface area contributed by atoms with Gasteiger partial charge in [0, 0.05) is 11.6 Å². The van der Waals surface area contributed by atoms with Gasteiger partial charge in [-0.05, 0) is 23.9 Å². The van der Waals surface area contributed by atoms with Crippen LogP contribution in [0.5, 0.6) is 0 Å². The summed E-state index contributed by atoms with van der Waals surface area (Å²) in [5.74, 6) is 0. The Labute approximate surface area is 65.7 Å². The van der Waals surface area contributed by atoms with Gasteiger partial charge in [-0.25, -0.2) is 0 Å². The average molecular weight is 142 g/mol. The molecule has 0 spiro atoms. The molecule has 2 aromatic rings. The van der Waals surface area contributed by atoms with E-state index < -0.39 is 0 Å². The predicted molar refractivity (Wildman–Crippen MR) is 45.3 cm³/mol. The number of aryl methyl sites for hydroxylation is 1. The fourth-order valence-corrected chi connectivity index (χ4v) is 1.22. The van der Waals surface area contributed by atoms with Crippen molar-refractivity contribution in [1.82, 2.24) is 4.98 Å². The molecule has 2 rings (SSSR count). The molecule has 53 valence electrons. The van der Waals surface area contributed by atoms with Gasteiger partial charge in [-0.2, -0.15) is 0 Å². The Morgan fingerprint density at radius 2 is 2.27 bits per heavy atom. The van der Waals surface area contributed by atoms with E-state index in [1.54, 1.807) is 0 Å². The number of fused-ring (bicyclic) bond motifs is 1. The van der Waals surface area contributed by atoms with Gasteiger partial charge in [0.15, 0.2) is 0 Å². The molecular weight excluding hydrogens is 134 g/mol. The summed E-state index contributed by atoms with van der Waals surface area (Å²) in [6.45, 7) is 2.09. The minimum absolute atomic E-state index is 1.18. The summed E-state index contributed by atoms with van der Waals surface area (Å²) < 4.78 is 0. The van der Waals surface area contributed by atoms with E-state index in [4.69, 9.17) is 0 Å². The number of nitrogens with zero attached hydrogens (tertiary/aromatic N) is 1. The number of rotatable bonds is 0. The van der Waals surface area contributed by atoms with E-state index in [2.05, 4.69) is 30.2 Å². The minimum Gasteiger partial charge on any atom is -0.254 e. The number of pyridine rings is 1. The van der Waals surface area contributed by atoms with Gasteiger partial charge in [0.25, 0.3) is 0 Å². The lowest BCUT2D eigenvalue weighted by Crippen LogP contribution is -1.78. The summed E-state index contributed by atoms with van der Waals surface area (Å²) in [5, 5.41) is 2.42. The smallest absolute Gasteiger partial charge is 0.0892 e. The first-order valence-electron chi connectivity index (χ1n) is 3.59. The Morgan fingerprint density at radius 1 is 1.36 bits per heavy atom. The van der Waals surface area contributed by atoms with Gasteiger partial charge in [-0.1, -0.05) is 18.2 Å². The molecule has 1 heterocycles. The Kier molecular flexibility index (Phi) is 1.35. The fourth-order valence-electron chi connectivity index (χ4n) is 1.22. The van der Waals surface area contributed by atoms with Crippen LogP contribution in [-0.2, 0) is 0 Å². The summed E-state index contributed by atoms with van der Waals surface area (Å²) in [6.07, 6.45) is 4.66. The zero-order valence-corrected chi connectivity index (χ0v) is 6.33. The summed E-state index contributed by atoms with van der Waals surface area (Å²) in [4.78, 5) is 3.93. The lowest BCUT2D eigenvalue weighted by atomic mass is 10.1. The maximum Gasteiger partial charge on any atom is 0.0892 e. The van der Waals surface area contributed by atoms with Crippen LogP contribution in [0.2, 0.25) is 0 Å². The number of aromatic nitrogens is 1. The van der Waals surface area contributed by atoms with Crippen molar-refractivity contribution in [3.8, 4) is 0 Å². The number of hydrogen-bond acceptors (Lipinski definition) is 1. The molecule has 1 aromatic carbocycles. The number of benzene rings is 1. The van der Waals surface area contributed by atoms with Crippen LogP contribution in [0.3, 0.4) is 0 Å². The van der Waals surface area contributed by atoms with E-state index in [9.17, 15) is 0 Å². The minimum atomic E-state index is 1.18. The van der Waals surface area contributed by atoms with Crippen molar-refractivity contribution in [2.45, 2.75) is 6.92 Å². The van der Waals surface area contributed by atoms with E-state index in [1.807, 2.05) is 18.3 Å². The van der Waals surface area contributed by atoms with Crippen LogP contribution in [-0.4, -0.2) is 4.98 Å². The van der Waals surface area contributed by atoms with Gasteiger partial charge in [0.05, 0.1) is 6.20 Å². The van der Waals surface area contributed by atoms with Crippen molar-refractivity contribution in [2.24, 2.45) is 0 Å². The Balaban J connectivity index is 2.91. The highest BCUT2D eigenvalue weighted by Crippen LogP contribution is 2.15. The summed E-state index contributed by atoms with van der Waals surface area (Å²) in [7, 11) is 0. The molecule has 0 aliphatic heterocycles. The third kappa shape index (κ3) is 0.984. The zero-order chi connectivity index (χ0) is 7.68. The molecule has 0 fully saturated rings. The molecule has 0 aliphatic rings. The SMILES string of the molecule is Cc1cccc2cn[c]cc12. The van der Waals surface area contributed by atoms with Gasteiger partial charge < -0.3 is 0 Å². The molecule has 11 heavy (non-hydrogen) atoms. The first kappa shape index (κ1) is 6.35.